The molecule has 0 amide bonds. The average Bonchev–Trinajstić information content (AvgIpc) is 2.76. The SMILES string of the molecule is [CH2]CCCn1cnc(-c2cncnc2)c1. The molecule has 0 fully saturated rings. The number of rotatable bonds is 4. The Bertz CT molecular complexity index is 408. The molecule has 0 aliphatic heterocycles. The minimum atomic E-state index is 0.916. The van der Waals surface area contributed by atoms with Crippen molar-refractivity contribution in [2.75, 3.05) is 0 Å². The van der Waals surface area contributed by atoms with E-state index in [1.807, 2.05) is 12.5 Å². The summed E-state index contributed by atoms with van der Waals surface area (Å²) >= 11 is 0. The van der Waals surface area contributed by atoms with Gasteiger partial charge in [0.15, 0.2) is 0 Å². The molecule has 1 radical (unpaired) electrons. The fraction of sp³-hybridized carbons (Fsp3) is 0.273. The van der Waals surface area contributed by atoms with Crippen molar-refractivity contribution in [3.63, 3.8) is 0 Å². The van der Waals surface area contributed by atoms with Gasteiger partial charge in [-0.25, -0.2) is 15.0 Å². The van der Waals surface area contributed by atoms with E-state index in [0.29, 0.717) is 0 Å². The predicted octanol–water partition coefficient (Wildman–Crippen LogP) is 1.95. The van der Waals surface area contributed by atoms with Gasteiger partial charge < -0.3 is 4.57 Å². The molecule has 77 valence electrons. The number of hydrogen-bond donors (Lipinski definition) is 0. The zero-order valence-electron chi connectivity index (χ0n) is 8.50. The summed E-state index contributed by atoms with van der Waals surface area (Å²) in [6.07, 6.45) is 10.9. The van der Waals surface area contributed by atoms with Crippen LogP contribution in [-0.4, -0.2) is 19.5 Å². The van der Waals surface area contributed by atoms with E-state index in [-0.39, 0.29) is 0 Å². The molecule has 0 saturated carbocycles. The first-order chi connectivity index (χ1) is 7.40. The smallest absolute Gasteiger partial charge is 0.115 e. The van der Waals surface area contributed by atoms with Gasteiger partial charge in [0.2, 0.25) is 0 Å². The topological polar surface area (TPSA) is 43.6 Å². The number of aromatic nitrogens is 4. The standard InChI is InChI=1S/C11H13N4/c1-2-3-4-15-7-11(14-9-15)10-5-12-8-13-6-10/h5-9H,1-4H2. The van der Waals surface area contributed by atoms with E-state index in [2.05, 4.69) is 26.4 Å². The Balaban J connectivity index is 2.14. The molecular weight excluding hydrogens is 188 g/mol. The molecule has 2 aromatic heterocycles. The third-order valence-electron chi connectivity index (χ3n) is 2.16. The van der Waals surface area contributed by atoms with E-state index in [1.165, 1.54) is 6.33 Å². The van der Waals surface area contributed by atoms with E-state index in [4.69, 9.17) is 0 Å². The maximum absolute atomic E-state index is 4.30. The first-order valence-electron chi connectivity index (χ1n) is 4.96. The minimum absolute atomic E-state index is 0.916. The Morgan fingerprint density at radius 2 is 2.07 bits per heavy atom. The van der Waals surface area contributed by atoms with Crippen molar-refractivity contribution in [2.24, 2.45) is 0 Å². The predicted molar refractivity (Wildman–Crippen MR) is 57.8 cm³/mol. The van der Waals surface area contributed by atoms with E-state index < -0.39 is 0 Å². The van der Waals surface area contributed by atoms with E-state index in [9.17, 15) is 0 Å². The lowest BCUT2D eigenvalue weighted by Gasteiger charge is -1.97. The molecule has 0 aromatic carbocycles. The molecule has 0 unspecified atom stereocenters. The van der Waals surface area contributed by atoms with Crippen molar-refractivity contribution in [2.45, 2.75) is 19.4 Å². The van der Waals surface area contributed by atoms with E-state index >= 15 is 0 Å². The van der Waals surface area contributed by atoms with Gasteiger partial charge in [-0.3, -0.25) is 0 Å². The van der Waals surface area contributed by atoms with Crippen LogP contribution < -0.4 is 0 Å². The van der Waals surface area contributed by atoms with Gasteiger partial charge in [-0.15, -0.1) is 0 Å². The summed E-state index contributed by atoms with van der Waals surface area (Å²) in [6.45, 7) is 4.77. The first kappa shape index (κ1) is 9.83. The Morgan fingerprint density at radius 3 is 2.80 bits per heavy atom. The third-order valence-corrected chi connectivity index (χ3v) is 2.16. The van der Waals surface area contributed by atoms with Gasteiger partial charge >= 0.3 is 0 Å². The maximum Gasteiger partial charge on any atom is 0.115 e. The molecule has 2 aromatic rings. The van der Waals surface area contributed by atoms with Crippen LogP contribution >= 0.6 is 0 Å². The molecular formula is C11H13N4. The number of imidazole rings is 1. The van der Waals surface area contributed by atoms with Crippen LogP contribution in [-0.2, 0) is 6.54 Å². The maximum atomic E-state index is 4.30. The molecule has 0 aliphatic carbocycles. The van der Waals surface area contributed by atoms with Gasteiger partial charge in [-0.2, -0.15) is 0 Å². The van der Waals surface area contributed by atoms with Gasteiger partial charge in [0, 0.05) is 30.7 Å². The molecule has 2 heterocycles. The zero-order chi connectivity index (χ0) is 10.5. The third kappa shape index (κ3) is 2.40. The van der Waals surface area contributed by atoms with Crippen LogP contribution in [0.25, 0.3) is 11.3 Å². The van der Waals surface area contributed by atoms with Crippen molar-refractivity contribution in [1.82, 2.24) is 19.5 Å². The lowest BCUT2D eigenvalue weighted by molar-refractivity contribution is 0.648. The molecule has 0 bridgehead atoms. The molecule has 0 atom stereocenters. The summed E-state index contributed by atoms with van der Waals surface area (Å²) in [6, 6.07) is 0. The van der Waals surface area contributed by atoms with Crippen LogP contribution in [0.3, 0.4) is 0 Å². The van der Waals surface area contributed by atoms with Crippen molar-refractivity contribution >= 4 is 0 Å². The fourth-order valence-corrected chi connectivity index (χ4v) is 1.36. The lowest BCUT2D eigenvalue weighted by atomic mass is 10.3. The van der Waals surface area contributed by atoms with Gasteiger partial charge in [0.05, 0.1) is 12.0 Å². The summed E-state index contributed by atoms with van der Waals surface area (Å²) in [7, 11) is 0. The largest absolute Gasteiger partial charge is 0.337 e. The van der Waals surface area contributed by atoms with Gasteiger partial charge in [0.25, 0.3) is 0 Å². The average molecular weight is 201 g/mol. The Hall–Kier alpha value is -1.71. The lowest BCUT2D eigenvalue weighted by Crippen LogP contribution is -1.92. The normalized spacial score (nSPS) is 10.5. The zero-order valence-corrected chi connectivity index (χ0v) is 8.50. The summed E-state index contributed by atoms with van der Waals surface area (Å²) in [5.41, 5.74) is 1.87. The monoisotopic (exact) mass is 201 g/mol. The quantitative estimate of drug-likeness (QED) is 0.759. The number of nitrogens with zero attached hydrogens (tertiary/aromatic N) is 4. The highest BCUT2D eigenvalue weighted by atomic mass is 15.0. The second-order valence-corrected chi connectivity index (χ2v) is 3.33. The van der Waals surface area contributed by atoms with E-state index in [1.54, 1.807) is 12.4 Å². The molecule has 2 rings (SSSR count). The molecule has 0 spiro atoms. The van der Waals surface area contributed by atoms with Crippen LogP contribution in [0.4, 0.5) is 0 Å². The van der Waals surface area contributed by atoms with Gasteiger partial charge in [0.1, 0.15) is 6.33 Å². The molecule has 4 heteroatoms. The first-order valence-corrected chi connectivity index (χ1v) is 4.96. The molecule has 4 nitrogen and oxygen atoms in total. The molecule has 0 aliphatic rings. The minimum Gasteiger partial charge on any atom is -0.337 e. The van der Waals surface area contributed by atoms with Crippen LogP contribution in [0.2, 0.25) is 0 Å². The number of unbranched alkanes of at least 4 members (excludes halogenated alkanes) is 1. The second kappa shape index (κ2) is 4.68. The van der Waals surface area contributed by atoms with Crippen molar-refractivity contribution in [1.29, 1.82) is 0 Å². The summed E-state index contributed by atoms with van der Waals surface area (Å²) in [5, 5.41) is 0. The van der Waals surface area contributed by atoms with Crippen molar-refractivity contribution < 1.29 is 0 Å². The summed E-state index contributed by atoms with van der Waals surface area (Å²) in [5.74, 6) is 0. The van der Waals surface area contributed by atoms with Crippen molar-refractivity contribution in [3.8, 4) is 11.3 Å². The van der Waals surface area contributed by atoms with Crippen LogP contribution in [0.15, 0.2) is 31.2 Å². The highest BCUT2D eigenvalue weighted by Crippen LogP contribution is 2.13. The summed E-state index contributed by atoms with van der Waals surface area (Å²) < 4.78 is 2.06. The highest BCUT2D eigenvalue weighted by Gasteiger charge is 2.01. The molecule has 0 N–H and O–H groups in total. The fourth-order valence-electron chi connectivity index (χ4n) is 1.36. The van der Waals surface area contributed by atoms with Gasteiger partial charge in [-0.1, -0.05) is 13.3 Å². The highest BCUT2D eigenvalue weighted by molar-refractivity contribution is 5.55. The second-order valence-electron chi connectivity index (χ2n) is 3.33. The molecule has 15 heavy (non-hydrogen) atoms. The van der Waals surface area contributed by atoms with Crippen LogP contribution in [0.1, 0.15) is 12.8 Å². The Kier molecular flexibility index (Phi) is 3.07. The number of hydrogen-bond acceptors (Lipinski definition) is 3. The van der Waals surface area contributed by atoms with Crippen LogP contribution in [0, 0.1) is 6.92 Å². The Labute approximate surface area is 89.0 Å². The Morgan fingerprint density at radius 1 is 1.27 bits per heavy atom. The van der Waals surface area contributed by atoms with Gasteiger partial charge in [-0.05, 0) is 6.42 Å². The number of aryl methyl sites for hydroxylation is 1. The van der Waals surface area contributed by atoms with Crippen molar-refractivity contribution in [3.05, 3.63) is 38.2 Å². The van der Waals surface area contributed by atoms with E-state index in [0.717, 1.165) is 30.6 Å². The summed E-state index contributed by atoms with van der Waals surface area (Å²) in [4.78, 5) is 12.2. The molecule has 0 saturated heterocycles. The van der Waals surface area contributed by atoms with Crippen LogP contribution in [0.5, 0.6) is 0 Å².